The van der Waals surface area contributed by atoms with Crippen LogP contribution >= 0.6 is 0 Å². The third kappa shape index (κ3) is 4.11. The van der Waals surface area contributed by atoms with Gasteiger partial charge in [-0.2, -0.15) is 0 Å². The van der Waals surface area contributed by atoms with Crippen LogP contribution in [0.1, 0.15) is 61.8 Å². The van der Waals surface area contributed by atoms with Gasteiger partial charge in [0.05, 0.1) is 0 Å². The molecule has 26 heavy (non-hydrogen) atoms. The average molecular weight is 362 g/mol. The Labute approximate surface area is 155 Å². The minimum absolute atomic E-state index is 0.0392. The molecule has 1 atom stereocenters. The van der Waals surface area contributed by atoms with Crippen molar-refractivity contribution < 1.29 is 18.7 Å². The summed E-state index contributed by atoms with van der Waals surface area (Å²) in [6, 6.07) is 3.53. The van der Waals surface area contributed by atoms with Crippen molar-refractivity contribution in [2.45, 2.75) is 52.1 Å². The first-order chi connectivity index (χ1) is 12.6. The van der Waals surface area contributed by atoms with E-state index in [-0.39, 0.29) is 17.2 Å². The molecule has 1 spiro atoms. The Balaban J connectivity index is 1.67. The van der Waals surface area contributed by atoms with E-state index in [0.29, 0.717) is 31.1 Å². The van der Waals surface area contributed by atoms with Gasteiger partial charge in [0.2, 0.25) is 5.91 Å². The summed E-state index contributed by atoms with van der Waals surface area (Å²) >= 11 is 0. The van der Waals surface area contributed by atoms with E-state index in [1.54, 1.807) is 19.2 Å². The third-order valence-corrected chi connectivity index (χ3v) is 5.64. The van der Waals surface area contributed by atoms with Gasteiger partial charge in [-0.05, 0) is 37.8 Å². The minimum atomic E-state index is -0.0524. The van der Waals surface area contributed by atoms with E-state index >= 15 is 0 Å². The molecule has 6 nitrogen and oxygen atoms in total. The number of methoxy groups -OCH3 is 1. The number of ether oxygens (including phenoxy) is 1. The Hall–Kier alpha value is -1.82. The van der Waals surface area contributed by atoms with Gasteiger partial charge in [0.25, 0.3) is 5.91 Å². The molecule has 0 aliphatic carbocycles. The van der Waals surface area contributed by atoms with E-state index in [9.17, 15) is 9.59 Å². The number of hydrogen-bond acceptors (Lipinski definition) is 4. The molecule has 2 aliphatic heterocycles. The molecule has 2 saturated heterocycles. The van der Waals surface area contributed by atoms with Crippen molar-refractivity contribution in [2.75, 3.05) is 33.3 Å². The van der Waals surface area contributed by atoms with Crippen LogP contribution in [0, 0.1) is 5.41 Å². The fourth-order valence-electron chi connectivity index (χ4n) is 4.24. The number of piperidine rings is 2. The van der Waals surface area contributed by atoms with Gasteiger partial charge in [0, 0.05) is 45.1 Å². The zero-order chi connectivity index (χ0) is 18.6. The van der Waals surface area contributed by atoms with Gasteiger partial charge in [-0.25, -0.2) is 0 Å². The van der Waals surface area contributed by atoms with E-state index in [2.05, 4.69) is 6.92 Å². The first-order valence-corrected chi connectivity index (χ1v) is 9.71. The van der Waals surface area contributed by atoms with E-state index in [0.717, 1.165) is 51.7 Å². The van der Waals surface area contributed by atoms with Crippen LogP contribution in [0.2, 0.25) is 0 Å². The zero-order valence-corrected chi connectivity index (χ0v) is 16.0. The zero-order valence-electron chi connectivity index (χ0n) is 16.0. The predicted molar refractivity (Wildman–Crippen MR) is 97.7 cm³/mol. The van der Waals surface area contributed by atoms with Crippen molar-refractivity contribution in [3.63, 3.8) is 0 Å². The molecular weight excluding hydrogens is 332 g/mol. The maximum atomic E-state index is 12.9. The summed E-state index contributed by atoms with van der Waals surface area (Å²) in [5.74, 6) is 1.26. The monoisotopic (exact) mass is 362 g/mol. The number of nitrogens with zero attached hydrogens (tertiary/aromatic N) is 2. The minimum Gasteiger partial charge on any atom is -0.453 e. The van der Waals surface area contributed by atoms with Crippen molar-refractivity contribution in [1.82, 2.24) is 9.80 Å². The fraction of sp³-hybridized carbons (Fsp3) is 0.700. The van der Waals surface area contributed by atoms with Crippen LogP contribution in [0.25, 0.3) is 0 Å². The highest BCUT2D eigenvalue weighted by Crippen LogP contribution is 2.39. The van der Waals surface area contributed by atoms with Gasteiger partial charge in [-0.1, -0.05) is 13.3 Å². The molecule has 0 saturated carbocycles. The molecule has 0 radical (unpaired) electrons. The quantitative estimate of drug-likeness (QED) is 0.780. The molecule has 0 bridgehead atoms. The number of amides is 2. The lowest BCUT2D eigenvalue weighted by molar-refractivity contribution is -0.139. The molecule has 6 heteroatoms. The fourth-order valence-corrected chi connectivity index (χ4v) is 4.24. The van der Waals surface area contributed by atoms with Crippen molar-refractivity contribution in [3.8, 4) is 0 Å². The molecule has 2 fully saturated rings. The molecule has 0 aromatic carbocycles. The highest BCUT2D eigenvalue weighted by atomic mass is 16.5. The molecule has 0 N–H and O–H groups in total. The molecule has 144 valence electrons. The van der Waals surface area contributed by atoms with Gasteiger partial charge < -0.3 is 19.0 Å². The lowest BCUT2D eigenvalue weighted by Gasteiger charge is -2.48. The van der Waals surface area contributed by atoms with E-state index < -0.39 is 0 Å². The van der Waals surface area contributed by atoms with Crippen molar-refractivity contribution in [1.29, 1.82) is 0 Å². The first kappa shape index (κ1) is 19.0. The number of hydrogen-bond donors (Lipinski definition) is 0. The summed E-state index contributed by atoms with van der Waals surface area (Å²) in [6.45, 7) is 5.59. The molecule has 1 aromatic rings. The Kier molecular flexibility index (Phi) is 6.01. The van der Waals surface area contributed by atoms with Crippen molar-refractivity contribution in [3.05, 3.63) is 23.7 Å². The molecule has 1 unspecified atom stereocenters. The summed E-state index contributed by atoms with van der Waals surface area (Å²) in [5, 5.41) is 0. The highest BCUT2D eigenvalue weighted by molar-refractivity contribution is 5.91. The molecule has 3 rings (SSSR count). The number of likely N-dealkylation sites (tertiary alicyclic amines) is 2. The molecule has 1 aromatic heterocycles. The van der Waals surface area contributed by atoms with Gasteiger partial charge in [-0.3, -0.25) is 9.59 Å². The molecule has 3 heterocycles. The Bertz CT molecular complexity index is 642. The summed E-state index contributed by atoms with van der Waals surface area (Å²) in [6.07, 6.45) is 5.67. The molecular formula is C20H30N2O4. The third-order valence-electron chi connectivity index (χ3n) is 5.64. The largest absolute Gasteiger partial charge is 0.453 e. The topological polar surface area (TPSA) is 63.0 Å². The number of carbonyl (C=O) groups is 2. The second kappa shape index (κ2) is 8.25. The smallest absolute Gasteiger partial charge is 0.289 e. The Morgan fingerprint density at radius 3 is 2.92 bits per heavy atom. The van der Waals surface area contributed by atoms with Crippen LogP contribution in [0.4, 0.5) is 0 Å². The van der Waals surface area contributed by atoms with Crippen molar-refractivity contribution in [2.24, 2.45) is 5.41 Å². The van der Waals surface area contributed by atoms with Crippen LogP contribution in [0.3, 0.4) is 0 Å². The van der Waals surface area contributed by atoms with Crippen LogP contribution in [-0.2, 0) is 16.1 Å². The van der Waals surface area contributed by atoms with Crippen LogP contribution < -0.4 is 0 Å². The SMILES string of the molecule is CCCCN1CC2(CCCN(C(=O)c3ccc(COC)o3)C2)CCC1=O. The maximum Gasteiger partial charge on any atom is 0.289 e. The summed E-state index contributed by atoms with van der Waals surface area (Å²) in [4.78, 5) is 29.0. The molecule has 2 amide bonds. The molecule has 2 aliphatic rings. The van der Waals surface area contributed by atoms with Crippen LogP contribution in [0.5, 0.6) is 0 Å². The number of unbranched alkanes of at least 4 members (excludes halogenated alkanes) is 1. The van der Waals surface area contributed by atoms with Gasteiger partial charge in [0.1, 0.15) is 12.4 Å². The number of carbonyl (C=O) groups excluding carboxylic acids is 2. The summed E-state index contributed by atoms with van der Waals surface area (Å²) in [7, 11) is 1.60. The second-order valence-corrected chi connectivity index (χ2v) is 7.70. The lowest BCUT2D eigenvalue weighted by Crippen LogP contribution is -2.55. The average Bonchev–Trinajstić information content (AvgIpc) is 3.11. The van der Waals surface area contributed by atoms with Crippen LogP contribution in [-0.4, -0.2) is 54.9 Å². The highest BCUT2D eigenvalue weighted by Gasteiger charge is 2.42. The van der Waals surface area contributed by atoms with E-state index in [1.165, 1.54) is 0 Å². The normalized spacial score (nSPS) is 23.7. The van der Waals surface area contributed by atoms with E-state index in [4.69, 9.17) is 9.15 Å². The summed E-state index contributed by atoms with van der Waals surface area (Å²) < 4.78 is 10.7. The predicted octanol–water partition coefficient (Wildman–Crippen LogP) is 3.07. The Morgan fingerprint density at radius 2 is 2.15 bits per heavy atom. The summed E-state index contributed by atoms with van der Waals surface area (Å²) in [5.41, 5.74) is 0.0392. The van der Waals surface area contributed by atoms with Gasteiger partial charge in [-0.15, -0.1) is 0 Å². The van der Waals surface area contributed by atoms with E-state index in [1.807, 2.05) is 9.80 Å². The first-order valence-electron chi connectivity index (χ1n) is 9.71. The number of furan rings is 1. The maximum absolute atomic E-state index is 12.9. The lowest BCUT2D eigenvalue weighted by atomic mass is 9.73. The van der Waals surface area contributed by atoms with Gasteiger partial charge >= 0.3 is 0 Å². The van der Waals surface area contributed by atoms with Crippen LogP contribution in [0.15, 0.2) is 16.5 Å². The Morgan fingerprint density at radius 1 is 1.31 bits per heavy atom. The van der Waals surface area contributed by atoms with Gasteiger partial charge in [0.15, 0.2) is 5.76 Å². The number of rotatable bonds is 6. The van der Waals surface area contributed by atoms with Crippen molar-refractivity contribution >= 4 is 11.8 Å². The second-order valence-electron chi connectivity index (χ2n) is 7.70. The standard InChI is InChI=1S/C20H30N2O4/c1-3-4-11-21-14-20(10-8-18(21)23)9-5-12-22(15-20)19(24)17-7-6-16(26-17)13-25-2/h6-7H,3-5,8-15H2,1-2H3.